The molecule has 1 saturated carbocycles. The number of hydrogen-bond donors (Lipinski definition) is 4. The monoisotopic (exact) mass is 360 g/mol. The summed E-state index contributed by atoms with van der Waals surface area (Å²) in [6, 6.07) is 7.37. The molecule has 6 nitrogen and oxygen atoms in total. The van der Waals surface area contributed by atoms with E-state index in [1.807, 2.05) is 0 Å². The third-order valence-electron chi connectivity index (χ3n) is 5.39. The lowest BCUT2D eigenvalue weighted by Crippen LogP contribution is -2.53. The Balaban J connectivity index is 2.17. The Morgan fingerprint density at radius 3 is 2.35 bits per heavy atom. The lowest BCUT2D eigenvalue weighted by atomic mass is 9.76. The summed E-state index contributed by atoms with van der Waals surface area (Å²) in [6.07, 6.45) is 2.91. The quantitative estimate of drug-likeness (QED) is 0.574. The molecule has 0 bridgehead atoms. The third-order valence-corrected chi connectivity index (χ3v) is 5.39. The topological polar surface area (TPSA) is 106 Å². The average molecular weight is 360 g/mol. The van der Waals surface area contributed by atoms with Gasteiger partial charge in [0.15, 0.2) is 0 Å². The Bertz CT molecular complexity index is 658. The van der Waals surface area contributed by atoms with Crippen LogP contribution < -0.4 is 10.8 Å². The van der Waals surface area contributed by atoms with Crippen LogP contribution in [0.1, 0.15) is 58.9 Å². The lowest BCUT2D eigenvalue weighted by molar-refractivity contribution is -0.0982. The molecule has 0 atom stereocenters. The third kappa shape index (κ3) is 4.98. The maximum absolute atomic E-state index is 10.5. The van der Waals surface area contributed by atoms with E-state index in [9.17, 15) is 20.5 Å². The van der Waals surface area contributed by atoms with E-state index in [0.29, 0.717) is 16.7 Å². The predicted molar refractivity (Wildman–Crippen MR) is 102 cm³/mol. The van der Waals surface area contributed by atoms with Crippen molar-refractivity contribution in [3.63, 3.8) is 0 Å². The SMILES string of the molecule is CC(C)(O)C(C)(C)OB(O)c1ccc(C#N)c(NC2CCC(O)CC2)c1. The fourth-order valence-electron chi connectivity index (χ4n) is 2.86. The van der Waals surface area contributed by atoms with Crippen molar-refractivity contribution in [1.82, 2.24) is 0 Å². The standard InChI is InChI=1S/C19H29BN2O4/c1-18(2,24)19(3,4)26-20(25)14-6-5-13(12-21)17(11-14)22-15-7-9-16(23)10-8-15/h5-6,11,15-16,22-25H,7-10H2,1-4H3. The van der Waals surface area contributed by atoms with Crippen LogP contribution in [0.25, 0.3) is 0 Å². The van der Waals surface area contributed by atoms with Crippen molar-refractivity contribution in [2.45, 2.75) is 76.7 Å². The molecule has 0 aromatic heterocycles. The van der Waals surface area contributed by atoms with Crippen LogP contribution in [-0.2, 0) is 4.65 Å². The van der Waals surface area contributed by atoms with E-state index >= 15 is 0 Å². The number of anilines is 1. The Kier molecular flexibility index (Phi) is 6.35. The molecule has 7 heteroatoms. The first-order chi connectivity index (χ1) is 12.0. The first kappa shape index (κ1) is 20.7. The molecule has 0 radical (unpaired) electrons. The minimum atomic E-state index is -1.22. The molecule has 1 aromatic carbocycles. The highest BCUT2D eigenvalue weighted by atomic mass is 16.5. The van der Waals surface area contributed by atoms with Gasteiger partial charge >= 0.3 is 7.12 Å². The van der Waals surface area contributed by atoms with Gasteiger partial charge in [-0.1, -0.05) is 6.07 Å². The number of hydrogen-bond acceptors (Lipinski definition) is 6. The molecule has 0 unspecified atom stereocenters. The van der Waals surface area contributed by atoms with Gasteiger partial charge in [0, 0.05) is 6.04 Å². The summed E-state index contributed by atoms with van der Waals surface area (Å²) in [7, 11) is -1.22. The van der Waals surface area contributed by atoms with Crippen molar-refractivity contribution in [3.05, 3.63) is 23.8 Å². The van der Waals surface area contributed by atoms with Crippen LogP contribution in [-0.4, -0.2) is 45.7 Å². The van der Waals surface area contributed by atoms with Gasteiger partial charge in [0.1, 0.15) is 6.07 Å². The van der Waals surface area contributed by atoms with Gasteiger partial charge in [-0.05, 0) is 71.0 Å². The fourth-order valence-corrected chi connectivity index (χ4v) is 2.86. The summed E-state index contributed by atoms with van der Waals surface area (Å²) >= 11 is 0. The van der Waals surface area contributed by atoms with E-state index in [0.717, 1.165) is 25.7 Å². The first-order valence-electron chi connectivity index (χ1n) is 9.10. The van der Waals surface area contributed by atoms with Crippen molar-refractivity contribution in [2.24, 2.45) is 0 Å². The van der Waals surface area contributed by atoms with Crippen LogP contribution in [0.5, 0.6) is 0 Å². The summed E-state index contributed by atoms with van der Waals surface area (Å²) in [5.41, 5.74) is -0.443. The van der Waals surface area contributed by atoms with E-state index in [1.54, 1.807) is 45.9 Å². The van der Waals surface area contributed by atoms with Crippen LogP contribution in [0, 0.1) is 11.3 Å². The molecular formula is C19H29BN2O4. The van der Waals surface area contributed by atoms with Crippen molar-refractivity contribution in [2.75, 3.05) is 5.32 Å². The predicted octanol–water partition coefficient (Wildman–Crippen LogP) is 1.53. The molecule has 0 spiro atoms. The van der Waals surface area contributed by atoms with Crippen molar-refractivity contribution in [3.8, 4) is 6.07 Å². The maximum atomic E-state index is 10.5. The molecule has 1 aromatic rings. The normalized spacial score (nSPS) is 21.2. The summed E-state index contributed by atoms with van der Waals surface area (Å²) in [4.78, 5) is 0. The van der Waals surface area contributed by atoms with Gasteiger partial charge in [-0.2, -0.15) is 5.26 Å². The molecule has 0 aliphatic heterocycles. The van der Waals surface area contributed by atoms with E-state index < -0.39 is 18.3 Å². The number of rotatable bonds is 6. The number of aliphatic hydroxyl groups excluding tert-OH is 1. The molecule has 1 aliphatic carbocycles. The van der Waals surface area contributed by atoms with E-state index in [-0.39, 0.29) is 12.1 Å². The van der Waals surface area contributed by atoms with Crippen molar-refractivity contribution in [1.29, 1.82) is 5.26 Å². The van der Waals surface area contributed by atoms with Gasteiger partial charge in [0.25, 0.3) is 0 Å². The van der Waals surface area contributed by atoms with Crippen LogP contribution in [0.4, 0.5) is 5.69 Å². The Morgan fingerprint density at radius 1 is 1.19 bits per heavy atom. The largest absolute Gasteiger partial charge is 0.491 e. The average Bonchev–Trinajstić information content (AvgIpc) is 2.55. The van der Waals surface area contributed by atoms with Crippen LogP contribution >= 0.6 is 0 Å². The van der Waals surface area contributed by atoms with Gasteiger partial charge < -0.3 is 25.2 Å². The summed E-state index contributed by atoms with van der Waals surface area (Å²) < 4.78 is 5.68. The zero-order valence-electron chi connectivity index (χ0n) is 16.0. The van der Waals surface area contributed by atoms with Crippen LogP contribution in [0.15, 0.2) is 18.2 Å². The molecule has 142 valence electrons. The molecule has 0 saturated heterocycles. The van der Waals surface area contributed by atoms with Gasteiger partial charge in [0.2, 0.25) is 0 Å². The van der Waals surface area contributed by atoms with Crippen molar-refractivity contribution >= 4 is 18.3 Å². The molecule has 0 amide bonds. The highest BCUT2D eigenvalue weighted by molar-refractivity contribution is 6.60. The summed E-state index contributed by atoms with van der Waals surface area (Å²) in [5.74, 6) is 0. The fraction of sp³-hybridized carbons (Fsp3) is 0.632. The second-order valence-electron chi connectivity index (χ2n) is 8.11. The Hall–Kier alpha value is -1.59. The first-order valence-corrected chi connectivity index (χ1v) is 9.10. The minimum Gasteiger partial charge on any atom is -0.423 e. The van der Waals surface area contributed by atoms with Crippen molar-refractivity contribution < 1.29 is 19.9 Å². The highest BCUT2D eigenvalue weighted by Crippen LogP contribution is 2.26. The molecule has 26 heavy (non-hydrogen) atoms. The number of nitrogens with zero attached hydrogens (tertiary/aromatic N) is 1. The molecule has 0 heterocycles. The Morgan fingerprint density at radius 2 is 1.81 bits per heavy atom. The number of benzene rings is 1. The van der Waals surface area contributed by atoms with Crippen LogP contribution in [0.3, 0.4) is 0 Å². The summed E-state index contributed by atoms with van der Waals surface area (Å²) in [6.45, 7) is 6.69. The van der Waals surface area contributed by atoms with E-state index in [2.05, 4.69) is 11.4 Å². The smallest absolute Gasteiger partial charge is 0.423 e. The molecule has 1 aliphatic rings. The van der Waals surface area contributed by atoms with E-state index in [4.69, 9.17) is 4.65 Å². The van der Waals surface area contributed by atoms with Gasteiger partial charge in [0.05, 0.1) is 28.6 Å². The second kappa shape index (κ2) is 7.97. The van der Waals surface area contributed by atoms with Gasteiger partial charge in [-0.15, -0.1) is 0 Å². The van der Waals surface area contributed by atoms with E-state index in [1.165, 1.54) is 0 Å². The molecular weight excluding hydrogens is 331 g/mol. The number of aliphatic hydroxyl groups is 2. The van der Waals surface area contributed by atoms with Gasteiger partial charge in [-0.3, -0.25) is 0 Å². The number of nitrogens with one attached hydrogen (secondary N) is 1. The second-order valence-corrected chi connectivity index (χ2v) is 8.11. The summed E-state index contributed by atoms with van der Waals surface area (Å²) in [5, 5.41) is 43.0. The zero-order valence-corrected chi connectivity index (χ0v) is 16.0. The molecule has 1 fully saturated rings. The highest BCUT2D eigenvalue weighted by Gasteiger charge is 2.39. The lowest BCUT2D eigenvalue weighted by Gasteiger charge is -2.38. The zero-order chi connectivity index (χ0) is 19.5. The maximum Gasteiger partial charge on any atom is 0.491 e. The Labute approximate surface area is 156 Å². The van der Waals surface area contributed by atoms with Crippen LogP contribution in [0.2, 0.25) is 0 Å². The minimum absolute atomic E-state index is 0.187. The van der Waals surface area contributed by atoms with Gasteiger partial charge in [-0.25, -0.2) is 0 Å². The molecule has 4 N–H and O–H groups in total. The molecule has 2 rings (SSSR count). The number of nitriles is 1.